The van der Waals surface area contributed by atoms with Crippen molar-refractivity contribution < 1.29 is 19.7 Å². The molecule has 0 amide bonds. The van der Waals surface area contributed by atoms with Crippen molar-refractivity contribution in [1.29, 1.82) is 0 Å². The molecule has 0 spiro atoms. The van der Waals surface area contributed by atoms with E-state index in [2.05, 4.69) is 0 Å². The maximum absolute atomic E-state index is 9.78. The molecule has 0 saturated carbocycles. The molecule has 2 N–H and O–H groups in total. The lowest BCUT2D eigenvalue weighted by atomic mass is 9.89. The molecule has 0 aromatic carbocycles. The summed E-state index contributed by atoms with van der Waals surface area (Å²) in [6.07, 6.45) is -1.95. The van der Waals surface area contributed by atoms with E-state index >= 15 is 0 Å². The summed E-state index contributed by atoms with van der Waals surface area (Å²) in [5.41, 5.74) is 0. The largest absolute Gasteiger partial charge is 0.390 e. The second kappa shape index (κ2) is 5.25. The van der Waals surface area contributed by atoms with Crippen LogP contribution in [0.2, 0.25) is 0 Å². The van der Waals surface area contributed by atoms with E-state index in [1.54, 1.807) is 0 Å². The van der Waals surface area contributed by atoms with Gasteiger partial charge in [-0.1, -0.05) is 6.92 Å². The molecule has 2 unspecified atom stereocenters. The van der Waals surface area contributed by atoms with Gasteiger partial charge in [-0.15, -0.1) is 0 Å². The molecular formula is C11H22O4. The van der Waals surface area contributed by atoms with Crippen LogP contribution in [0.1, 0.15) is 27.7 Å². The second-order valence-corrected chi connectivity index (χ2v) is 4.60. The lowest BCUT2D eigenvalue weighted by molar-refractivity contribution is -0.207. The van der Waals surface area contributed by atoms with Crippen molar-refractivity contribution >= 4 is 0 Å². The highest BCUT2D eigenvalue weighted by atomic mass is 16.6. The van der Waals surface area contributed by atoms with Gasteiger partial charge in [0.25, 0.3) is 0 Å². The Morgan fingerprint density at radius 2 is 1.80 bits per heavy atom. The third-order valence-electron chi connectivity index (χ3n) is 2.99. The molecule has 1 aliphatic rings. The smallest absolute Gasteiger partial charge is 0.110 e. The first-order valence-electron chi connectivity index (χ1n) is 5.56. The Labute approximate surface area is 91.2 Å². The van der Waals surface area contributed by atoms with Gasteiger partial charge in [0.15, 0.2) is 0 Å². The van der Waals surface area contributed by atoms with Crippen LogP contribution in [0.15, 0.2) is 0 Å². The van der Waals surface area contributed by atoms with Crippen LogP contribution in [0.3, 0.4) is 0 Å². The molecule has 0 aliphatic carbocycles. The van der Waals surface area contributed by atoms with Gasteiger partial charge in [0.1, 0.15) is 12.2 Å². The fourth-order valence-electron chi connectivity index (χ4n) is 1.71. The van der Waals surface area contributed by atoms with Crippen LogP contribution in [-0.2, 0) is 9.47 Å². The van der Waals surface area contributed by atoms with Gasteiger partial charge in [-0.05, 0) is 20.8 Å². The van der Waals surface area contributed by atoms with E-state index in [9.17, 15) is 10.2 Å². The van der Waals surface area contributed by atoms with Crippen molar-refractivity contribution in [3.63, 3.8) is 0 Å². The van der Waals surface area contributed by atoms with Crippen LogP contribution >= 0.6 is 0 Å². The first kappa shape index (κ1) is 12.9. The van der Waals surface area contributed by atoms with E-state index in [0.717, 1.165) is 0 Å². The average Bonchev–Trinajstić information content (AvgIpc) is 2.18. The quantitative estimate of drug-likeness (QED) is 0.726. The van der Waals surface area contributed by atoms with Crippen molar-refractivity contribution in [2.75, 3.05) is 6.61 Å². The van der Waals surface area contributed by atoms with Crippen molar-refractivity contribution in [3.05, 3.63) is 0 Å². The van der Waals surface area contributed by atoms with Gasteiger partial charge in [0.2, 0.25) is 0 Å². The van der Waals surface area contributed by atoms with E-state index in [1.165, 1.54) is 0 Å². The molecule has 0 radical (unpaired) electrons. The second-order valence-electron chi connectivity index (χ2n) is 4.60. The van der Waals surface area contributed by atoms with Gasteiger partial charge in [-0.3, -0.25) is 0 Å². The van der Waals surface area contributed by atoms with Crippen LogP contribution in [0.5, 0.6) is 0 Å². The zero-order valence-electron chi connectivity index (χ0n) is 9.88. The zero-order chi connectivity index (χ0) is 11.6. The Bertz CT molecular complexity index is 195. The van der Waals surface area contributed by atoms with Crippen molar-refractivity contribution in [3.8, 4) is 0 Å². The van der Waals surface area contributed by atoms with Crippen LogP contribution in [0, 0.1) is 5.92 Å². The molecule has 4 nitrogen and oxygen atoms in total. The summed E-state index contributed by atoms with van der Waals surface area (Å²) < 4.78 is 11.0. The molecule has 0 aromatic heterocycles. The number of aliphatic hydroxyl groups excluding tert-OH is 2. The first-order chi connectivity index (χ1) is 6.93. The van der Waals surface area contributed by atoms with Crippen LogP contribution < -0.4 is 0 Å². The molecule has 5 atom stereocenters. The molecule has 1 saturated heterocycles. The number of ether oxygens (including phenoxy) is 2. The van der Waals surface area contributed by atoms with Crippen molar-refractivity contribution in [1.82, 2.24) is 0 Å². The first-order valence-corrected chi connectivity index (χ1v) is 5.56. The number of hydrogen-bond donors (Lipinski definition) is 2. The van der Waals surface area contributed by atoms with Crippen molar-refractivity contribution in [2.24, 2.45) is 5.92 Å². The Morgan fingerprint density at radius 3 is 2.33 bits per heavy atom. The highest BCUT2D eigenvalue weighted by Gasteiger charge is 2.40. The molecule has 1 heterocycles. The summed E-state index contributed by atoms with van der Waals surface area (Å²) >= 11 is 0. The third-order valence-corrected chi connectivity index (χ3v) is 2.99. The SMILES string of the molecule is CC(C)OCC1O[C@H](C)C(C)[C@@H](O)[C@H]1O. The van der Waals surface area contributed by atoms with E-state index in [-0.39, 0.29) is 18.1 Å². The minimum Gasteiger partial charge on any atom is -0.390 e. The Hall–Kier alpha value is -0.160. The van der Waals surface area contributed by atoms with Gasteiger partial charge in [0, 0.05) is 5.92 Å². The van der Waals surface area contributed by atoms with Gasteiger partial charge in [-0.2, -0.15) is 0 Å². The average molecular weight is 218 g/mol. The molecule has 4 heteroatoms. The zero-order valence-corrected chi connectivity index (χ0v) is 9.88. The molecule has 0 aromatic rings. The maximum atomic E-state index is 9.78. The molecule has 90 valence electrons. The fourth-order valence-corrected chi connectivity index (χ4v) is 1.71. The molecule has 1 aliphatic heterocycles. The molecule has 1 fully saturated rings. The van der Waals surface area contributed by atoms with Gasteiger partial charge in [-0.25, -0.2) is 0 Å². The van der Waals surface area contributed by atoms with Gasteiger partial charge in [0.05, 0.1) is 24.9 Å². The maximum Gasteiger partial charge on any atom is 0.110 e. The predicted molar refractivity (Wildman–Crippen MR) is 56.6 cm³/mol. The Kier molecular flexibility index (Phi) is 4.52. The van der Waals surface area contributed by atoms with Crippen LogP contribution in [-0.4, -0.2) is 47.3 Å². The van der Waals surface area contributed by atoms with E-state index in [4.69, 9.17) is 9.47 Å². The van der Waals surface area contributed by atoms with Crippen molar-refractivity contribution in [2.45, 2.75) is 58.2 Å². The summed E-state index contributed by atoms with van der Waals surface area (Å²) in [6.45, 7) is 7.96. The van der Waals surface area contributed by atoms with Gasteiger partial charge >= 0.3 is 0 Å². The van der Waals surface area contributed by atoms with E-state index in [1.807, 2.05) is 27.7 Å². The molecule has 1 rings (SSSR count). The number of aliphatic hydroxyl groups is 2. The number of rotatable bonds is 3. The normalized spacial score (nSPS) is 42.2. The van der Waals surface area contributed by atoms with Crippen LogP contribution in [0.25, 0.3) is 0 Å². The van der Waals surface area contributed by atoms with E-state index in [0.29, 0.717) is 6.61 Å². The summed E-state index contributed by atoms with van der Waals surface area (Å²) in [4.78, 5) is 0. The highest BCUT2D eigenvalue weighted by Crippen LogP contribution is 2.25. The lowest BCUT2D eigenvalue weighted by Crippen LogP contribution is -2.54. The van der Waals surface area contributed by atoms with E-state index < -0.39 is 18.3 Å². The molecule has 0 bridgehead atoms. The molecular weight excluding hydrogens is 196 g/mol. The number of hydrogen-bond acceptors (Lipinski definition) is 4. The predicted octanol–water partition coefficient (Wildman–Crippen LogP) is 0.557. The summed E-state index contributed by atoms with van der Waals surface area (Å²) in [5, 5.41) is 19.6. The Balaban J connectivity index is 2.51. The monoisotopic (exact) mass is 218 g/mol. The topological polar surface area (TPSA) is 58.9 Å². The summed E-state index contributed by atoms with van der Waals surface area (Å²) in [5.74, 6) is -0.0460. The van der Waals surface area contributed by atoms with Gasteiger partial charge < -0.3 is 19.7 Å². The fraction of sp³-hybridized carbons (Fsp3) is 1.00. The minimum absolute atomic E-state index is 0.0460. The minimum atomic E-state index is -0.852. The summed E-state index contributed by atoms with van der Waals surface area (Å²) in [6, 6.07) is 0. The van der Waals surface area contributed by atoms with Crippen LogP contribution in [0.4, 0.5) is 0 Å². The Morgan fingerprint density at radius 1 is 1.20 bits per heavy atom. The molecule has 15 heavy (non-hydrogen) atoms. The standard InChI is InChI=1S/C11H22O4/c1-6(2)14-5-9-11(13)10(12)7(3)8(4)15-9/h6-13H,5H2,1-4H3/t7?,8-,9?,10-,11+/m1/s1. The lowest BCUT2D eigenvalue weighted by Gasteiger charge is -2.40. The summed E-state index contributed by atoms with van der Waals surface area (Å²) in [7, 11) is 0. The third kappa shape index (κ3) is 3.14. The highest BCUT2D eigenvalue weighted by molar-refractivity contribution is 4.88.